The Kier molecular flexibility index (Phi) is 3.79. The van der Waals surface area contributed by atoms with Gasteiger partial charge in [-0.05, 0) is 35.3 Å². The molecule has 0 bridgehead atoms. The summed E-state index contributed by atoms with van der Waals surface area (Å²) in [7, 11) is 0. The van der Waals surface area contributed by atoms with Gasteiger partial charge in [-0.2, -0.15) is 4.37 Å². The molecule has 0 spiro atoms. The van der Waals surface area contributed by atoms with Crippen molar-refractivity contribution in [2.45, 2.75) is 6.54 Å². The van der Waals surface area contributed by atoms with Crippen LogP contribution in [0.15, 0.2) is 48.8 Å². The highest BCUT2D eigenvalue weighted by molar-refractivity contribution is 7.11. The highest BCUT2D eigenvalue weighted by Crippen LogP contribution is 2.36. The first-order valence-corrected chi connectivity index (χ1v) is 7.15. The number of rotatable bonds is 4. The topological polar surface area (TPSA) is 63.8 Å². The van der Waals surface area contributed by atoms with Gasteiger partial charge in [-0.3, -0.25) is 4.98 Å². The van der Waals surface area contributed by atoms with Crippen molar-refractivity contribution in [1.29, 1.82) is 0 Å². The minimum atomic E-state index is -0.239. The van der Waals surface area contributed by atoms with Crippen molar-refractivity contribution in [3.05, 3.63) is 60.2 Å². The van der Waals surface area contributed by atoms with Gasteiger partial charge >= 0.3 is 0 Å². The third kappa shape index (κ3) is 3.00. The Bertz CT molecular complexity index is 725. The van der Waals surface area contributed by atoms with Crippen LogP contribution < -0.4 is 11.1 Å². The number of hydrogen-bond donors (Lipinski definition) is 2. The molecule has 1 aromatic carbocycles. The molecule has 0 amide bonds. The highest BCUT2D eigenvalue weighted by atomic mass is 32.1. The number of pyridine rings is 1. The van der Waals surface area contributed by atoms with Gasteiger partial charge in [0.05, 0.1) is 5.56 Å². The first kappa shape index (κ1) is 13.5. The summed E-state index contributed by atoms with van der Waals surface area (Å²) < 4.78 is 17.1. The molecule has 106 valence electrons. The predicted octanol–water partition coefficient (Wildman–Crippen LogP) is 3.54. The lowest BCUT2D eigenvalue weighted by Gasteiger charge is -2.07. The minimum Gasteiger partial charge on any atom is -0.382 e. The van der Waals surface area contributed by atoms with Gasteiger partial charge in [-0.15, -0.1) is 0 Å². The third-order valence-corrected chi connectivity index (χ3v) is 3.85. The van der Waals surface area contributed by atoms with E-state index in [0.717, 1.165) is 21.7 Å². The summed E-state index contributed by atoms with van der Waals surface area (Å²) in [5, 5.41) is 4.17. The Morgan fingerprint density at radius 3 is 2.71 bits per heavy atom. The summed E-state index contributed by atoms with van der Waals surface area (Å²) >= 11 is 1.31. The van der Waals surface area contributed by atoms with Crippen LogP contribution in [0.5, 0.6) is 0 Å². The number of nitrogens with zero attached hydrogens (tertiary/aromatic N) is 2. The van der Waals surface area contributed by atoms with Gasteiger partial charge in [0.15, 0.2) is 0 Å². The summed E-state index contributed by atoms with van der Waals surface area (Å²) in [4.78, 5) is 4.10. The van der Waals surface area contributed by atoms with E-state index in [-0.39, 0.29) is 5.82 Å². The lowest BCUT2D eigenvalue weighted by Crippen LogP contribution is -1.99. The van der Waals surface area contributed by atoms with E-state index in [1.807, 2.05) is 12.1 Å². The average molecular weight is 300 g/mol. The molecule has 0 unspecified atom stereocenters. The normalized spacial score (nSPS) is 10.5. The van der Waals surface area contributed by atoms with Crippen LogP contribution in [-0.4, -0.2) is 9.36 Å². The van der Waals surface area contributed by atoms with E-state index in [0.29, 0.717) is 12.4 Å². The summed E-state index contributed by atoms with van der Waals surface area (Å²) in [5.41, 5.74) is 8.71. The first-order valence-electron chi connectivity index (χ1n) is 6.38. The number of hydrogen-bond acceptors (Lipinski definition) is 5. The molecule has 3 N–H and O–H groups in total. The molecule has 2 heterocycles. The SMILES string of the molecule is Nc1nsc(NCc2ccc(F)cc2)c1-c1cccnc1. The number of nitrogens with one attached hydrogen (secondary N) is 1. The van der Waals surface area contributed by atoms with E-state index in [1.54, 1.807) is 24.5 Å². The molecule has 21 heavy (non-hydrogen) atoms. The molecule has 3 rings (SSSR count). The van der Waals surface area contributed by atoms with Crippen LogP contribution in [-0.2, 0) is 6.54 Å². The number of anilines is 2. The van der Waals surface area contributed by atoms with Gasteiger partial charge in [0, 0.05) is 24.5 Å². The lowest BCUT2D eigenvalue weighted by atomic mass is 10.1. The molecule has 0 saturated heterocycles. The zero-order valence-corrected chi connectivity index (χ0v) is 11.9. The van der Waals surface area contributed by atoms with Gasteiger partial charge in [-0.25, -0.2) is 4.39 Å². The first-order chi connectivity index (χ1) is 10.2. The molecule has 6 heteroatoms. The van der Waals surface area contributed by atoms with E-state index in [9.17, 15) is 4.39 Å². The molecule has 0 fully saturated rings. The Balaban J connectivity index is 1.82. The maximum absolute atomic E-state index is 12.9. The molecule has 3 aromatic rings. The summed E-state index contributed by atoms with van der Waals surface area (Å²) in [5.74, 6) is 0.242. The van der Waals surface area contributed by atoms with Crippen LogP contribution in [0, 0.1) is 5.82 Å². The van der Waals surface area contributed by atoms with E-state index >= 15 is 0 Å². The number of nitrogens with two attached hydrogens (primary N) is 1. The number of aromatic nitrogens is 2. The van der Waals surface area contributed by atoms with Crippen LogP contribution in [0.2, 0.25) is 0 Å². The van der Waals surface area contributed by atoms with Crippen LogP contribution in [0.4, 0.5) is 15.2 Å². The Morgan fingerprint density at radius 1 is 1.19 bits per heavy atom. The Labute approximate surface area is 125 Å². The standard InChI is InChI=1S/C15H13FN4S/c16-12-5-3-10(4-6-12)8-19-15-13(14(17)20-21-15)11-2-1-7-18-9-11/h1-7,9,19H,8H2,(H2,17,20). The third-order valence-electron chi connectivity index (χ3n) is 3.04. The molecular weight excluding hydrogens is 287 g/mol. The van der Waals surface area contributed by atoms with Crippen LogP contribution in [0.1, 0.15) is 5.56 Å². The second-order valence-corrected chi connectivity index (χ2v) is 5.27. The van der Waals surface area contributed by atoms with E-state index in [1.165, 1.54) is 23.7 Å². The number of nitrogen functional groups attached to an aromatic ring is 1. The molecule has 0 aliphatic heterocycles. The molecular formula is C15H13FN4S. The van der Waals surface area contributed by atoms with Crippen LogP contribution >= 0.6 is 11.5 Å². The van der Waals surface area contributed by atoms with E-state index in [4.69, 9.17) is 5.73 Å². The molecule has 4 nitrogen and oxygen atoms in total. The van der Waals surface area contributed by atoms with Gasteiger partial charge in [-0.1, -0.05) is 18.2 Å². The maximum atomic E-state index is 12.9. The molecule has 2 aromatic heterocycles. The zero-order valence-electron chi connectivity index (χ0n) is 11.1. The van der Waals surface area contributed by atoms with Gasteiger partial charge < -0.3 is 11.1 Å². The molecule has 0 atom stereocenters. The highest BCUT2D eigenvalue weighted by Gasteiger charge is 2.13. The monoisotopic (exact) mass is 300 g/mol. The fourth-order valence-corrected chi connectivity index (χ4v) is 2.73. The largest absolute Gasteiger partial charge is 0.382 e. The zero-order chi connectivity index (χ0) is 14.7. The van der Waals surface area contributed by atoms with Crippen molar-refractivity contribution < 1.29 is 4.39 Å². The van der Waals surface area contributed by atoms with Crippen LogP contribution in [0.25, 0.3) is 11.1 Å². The van der Waals surface area contributed by atoms with Gasteiger partial charge in [0.25, 0.3) is 0 Å². The second kappa shape index (κ2) is 5.88. The Morgan fingerprint density at radius 2 is 2.00 bits per heavy atom. The second-order valence-electron chi connectivity index (χ2n) is 4.49. The van der Waals surface area contributed by atoms with Crippen molar-refractivity contribution in [3.63, 3.8) is 0 Å². The van der Waals surface area contributed by atoms with Gasteiger partial charge in [0.1, 0.15) is 16.6 Å². The van der Waals surface area contributed by atoms with Gasteiger partial charge in [0.2, 0.25) is 0 Å². The Hall–Kier alpha value is -2.47. The minimum absolute atomic E-state index is 0.239. The molecule has 0 aliphatic rings. The van der Waals surface area contributed by atoms with Crippen molar-refractivity contribution in [2.75, 3.05) is 11.1 Å². The van der Waals surface area contributed by atoms with Crippen molar-refractivity contribution in [1.82, 2.24) is 9.36 Å². The van der Waals surface area contributed by atoms with Crippen LogP contribution in [0.3, 0.4) is 0 Å². The fraction of sp³-hybridized carbons (Fsp3) is 0.0667. The van der Waals surface area contributed by atoms with Crippen molar-refractivity contribution in [3.8, 4) is 11.1 Å². The summed E-state index contributed by atoms with van der Waals surface area (Å²) in [6.45, 7) is 0.579. The summed E-state index contributed by atoms with van der Waals surface area (Å²) in [6.07, 6.45) is 3.47. The van der Waals surface area contributed by atoms with Crippen molar-refractivity contribution in [2.24, 2.45) is 0 Å². The maximum Gasteiger partial charge on any atom is 0.147 e. The average Bonchev–Trinajstić information content (AvgIpc) is 2.88. The number of benzene rings is 1. The van der Waals surface area contributed by atoms with E-state index in [2.05, 4.69) is 14.7 Å². The molecule has 0 aliphatic carbocycles. The predicted molar refractivity (Wildman–Crippen MR) is 83.5 cm³/mol. The molecule has 0 radical (unpaired) electrons. The smallest absolute Gasteiger partial charge is 0.147 e. The summed E-state index contributed by atoms with van der Waals surface area (Å²) in [6, 6.07) is 10.2. The molecule has 0 saturated carbocycles. The van der Waals surface area contributed by atoms with Crippen molar-refractivity contribution >= 4 is 22.4 Å². The van der Waals surface area contributed by atoms with E-state index < -0.39 is 0 Å². The number of halogens is 1. The fourth-order valence-electron chi connectivity index (χ4n) is 2.00. The quantitative estimate of drug-likeness (QED) is 0.773. The lowest BCUT2D eigenvalue weighted by molar-refractivity contribution is 0.627.